The zero-order valence-electron chi connectivity index (χ0n) is 10.6. The fourth-order valence-electron chi connectivity index (χ4n) is 2.06. The van der Waals surface area contributed by atoms with Crippen LogP contribution in [0, 0.1) is 6.92 Å². The maximum absolute atomic E-state index is 5.98. The molecule has 1 aromatic carbocycles. The average Bonchev–Trinajstić information content (AvgIpc) is 2.83. The number of nitrogens with two attached hydrogens (primary N) is 1. The molecule has 3 N–H and O–H groups in total. The number of nitrogens with one attached hydrogen (secondary N) is 1. The van der Waals surface area contributed by atoms with Gasteiger partial charge < -0.3 is 5.73 Å². The van der Waals surface area contributed by atoms with Crippen molar-refractivity contribution in [1.82, 2.24) is 15.2 Å². The number of anilines is 1. The fourth-order valence-corrected chi connectivity index (χ4v) is 2.06. The van der Waals surface area contributed by atoms with Gasteiger partial charge in [0.15, 0.2) is 5.82 Å². The quantitative estimate of drug-likeness (QED) is 0.734. The van der Waals surface area contributed by atoms with Gasteiger partial charge in [0.25, 0.3) is 0 Å². The highest BCUT2D eigenvalue weighted by Crippen LogP contribution is 2.33. The minimum Gasteiger partial charge on any atom is -0.382 e. The van der Waals surface area contributed by atoms with Crippen molar-refractivity contribution in [2.45, 2.75) is 6.92 Å². The van der Waals surface area contributed by atoms with Crippen LogP contribution in [0.2, 0.25) is 0 Å². The SMILES string of the molecule is Cc1ccc(-c2c(N)n[nH]c2-c2ccccn2)cc1. The average molecular weight is 250 g/mol. The number of pyridine rings is 1. The number of nitrogen functional groups attached to an aromatic ring is 1. The summed E-state index contributed by atoms with van der Waals surface area (Å²) in [5, 5.41) is 7.07. The van der Waals surface area contributed by atoms with E-state index >= 15 is 0 Å². The zero-order valence-corrected chi connectivity index (χ0v) is 10.6. The number of hydrogen-bond acceptors (Lipinski definition) is 3. The topological polar surface area (TPSA) is 67.6 Å². The summed E-state index contributed by atoms with van der Waals surface area (Å²) < 4.78 is 0. The number of aromatic nitrogens is 3. The first-order chi connectivity index (χ1) is 9.25. The molecule has 4 nitrogen and oxygen atoms in total. The summed E-state index contributed by atoms with van der Waals surface area (Å²) >= 11 is 0. The third-order valence-corrected chi connectivity index (χ3v) is 3.06. The Morgan fingerprint density at radius 2 is 1.84 bits per heavy atom. The van der Waals surface area contributed by atoms with Crippen LogP contribution in [0.3, 0.4) is 0 Å². The lowest BCUT2D eigenvalue weighted by Crippen LogP contribution is -1.89. The van der Waals surface area contributed by atoms with Crippen molar-refractivity contribution in [3.05, 3.63) is 54.2 Å². The highest BCUT2D eigenvalue weighted by Gasteiger charge is 2.15. The maximum atomic E-state index is 5.98. The molecule has 0 unspecified atom stereocenters. The van der Waals surface area contributed by atoms with Crippen LogP contribution < -0.4 is 5.73 Å². The van der Waals surface area contributed by atoms with Crippen LogP contribution in [0.4, 0.5) is 5.82 Å². The second-order valence-electron chi connectivity index (χ2n) is 4.44. The summed E-state index contributed by atoms with van der Waals surface area (Å²) in [6.07, 6.45) is 1.76. The van der Waals surface area contributed by atoms with E-state index in [9.17, 15) is 0 Å². The summed E-state index contributed by atoms with van der Waals surface area (Å²) in [4.78, 5) is 4.34. The van der Waals surface area contributed by atoms with Crippen LogP contribution in [-0.4, -0.2) is 15.2 Å². The number of H-pyrrole nitrogens is 1. The summed E-state index contributed by atoms with van der Waals surface area (Å²) in [6.45, 7) is 2.06. The van der Waals surface area contributed by atoms with E-state index in [1.165, 1.54) is 5.56 Å². The van der Waals surface area contributed by atoms with Crippen molar-refractivity contribution in [2.75, 3.05) is 5.73 Å². The van der Waals surface area contributed by atoms with Crippen molar-refractivity contribution >= 4 is 5.82 Å². The molecule has 0 amide bonds. The molecule has 3 rings (SSSR count). The van der Waals surface area contributed by atoms with Crippen LogP contribution in [0.25, 0.3) is 22.5 Å². The molecular formula is C15H14N4. The van der Waals surface area contributed by atoms with Crippen molar-refractivity contribution in [3.63, 3.8) is 0 Å². The Morgan fingerprint density at radius 1 is 1.05 bits per heavy atom. The van der Waals surface area contributed by atoms with E-state index in [0.717, 1.165) is 22.5 Å². The highest BCUT2D eigenvalue weighted by atomic mass is 15.2. The molecule has 0 atom stereocenters. The first kappa shape index (κ1) is 11.5. The molecule has 4 heteroatoms. The lowest BCUT2D eigenvalue weighted by Gasteiger charge is -2.04. The Morgan fingerprint density at radius 3 is 2.53 bits per heavy atom. The van der Waals surface area contributed by atoms with Gasteiger partial charge in [0.1, 0.15) is 0 Å². The van der Waals surface area contributed by atoms with E-state index in [4.69, 9.17) is 5.73 Å². The van der Waals surface area contributed by atoms with Gasteiger partial charge in [-0.3, -0.25) is 10.1 Å². The molecule has 94 valence electrons. The number of benzene rings is 1. The van der Waals surface area contributed by atoms with Gasteiger partial charge in [0.05, 0.1) is 17.0 Å². The van der Waals surface area contributed by atoms with Gasteiger partial charge in [-0.25, -0.2) is 0 Å². The van der Waals surface area contributed by atoms with Gasteiger partial charge in [-0.15, -0.1) is 0 Å². The van der Waals surface area contributed by atoms with Gasteiger partial charge in [-0.05, 0) is 24.6 Å². The summed E-state index contributed by atoms with van der Waals surface area (Å²) in [5.41, 5.74) is 10.8. The van der Waals surface area contributed by atoms with Crippen molar-refractivity contribution in [3.8, 4) is 22.5 Å². The molecule has 3 aromatic rings. The van der Waals surface area contributed by atoms with Crippen LogP contribution in [0.5, 0.6) is 0 Å². The Hall–Kier alpha value is -2.62. The number of hydrogen-bond donors (Lipinski definition) is 2. The zero-order chi connectivity index (χ0) is 13.2. The Labute approximate surface area is 111 Å². The molecule has 0 bridgehead atoms. The smallest absolute Gasteiger partial charge is 0.153 e. The second-order valence-corrected chi connectivity index (χ2v) is 4.44. The molecular weight excluding hydrogens is 236 g/mol. The Kier molecular flexibility index (Phi) is 2.76. The highest BCUT2D eigenvalue weighted by molar-refractivity contribution is 5.86. The molecule has 0 fully saturated rings. The van der Waals surface area contributed by atoms with E-state index in [1.54, 1.807) is 6.20 Å². The molecule has 2 heterocycles. The Bertz CT molecular complexity index is 684. The minimum atomic E-state index is 0.490. The van der Waals surface area contributed by atoms with Gasteiger partial charge in [-0.1, -0.05) is 35.9 Å². The molecule has 0 saturated heterocycles. The van der Waals surface area contributed by atoms with Crippen molar-refractivity contribution in [2.24, 2.45) is 0 Å². The molecule has 19 heavy (non-hydrogen) atoms. The van der Waals surface area contributed by atoms with E-state index in [0.29, 0.717) is 5.82 Å². The predicted molar refractivity (Wildman–Crippen MR) is 76.4 cm³/mol. The molecule has 2 aromatic heterocycles. The minimum absolute atomic E-state index is 0.490. The first-order valence-corrected chi connectivity index (χ1v) is 6.08. The number of aromatic amines is 1. The fraction of sp³-hybridized carbons (Fsp3) is 0.0667. The van der Waals surface area contributed by atoms with Gasteiger partial charge in [0.2, 0.25) is 0 Å². The van der Waals surface area contributed by atoms with Crippen LogP contribution >= 0.6 is 0 Å². The summed E-state index contributed by atoms with van der Waals surface area (Å²) in [6, 6.07) is 14.0. The van der Waals surface area contributed by atoms with Gasteiger partial charge in [-0.2, -0.15) is 5.10 Å². The summed E-state index contributed by atoms with van der Waals surface area (Å²) in [5.74, 6) is 0.490. The van der Waals surface area contributed by atoms with E-state index in [2.05, 4.69) is 34.2 Å². The number of rotatable bonds is 2. The van der Waals surface area contributed by atoms with E-state index in [1.807, 2.05) is 30.3 Å². The predicted octanol–water partition coefficient (Wildman–Crippen LogP) is 3.03. The molecule has 0 radical (unpaired) electrons. The second kappa shape index (κ2) is 4.57. The largest absolute Gasteiger partial charge is 0.382 e. The number of aryl methyl sites for hydroxylation is 1. The summed E-state index contributed by atoms with van der Waals surface area (Å²) in [7, 11) is 0. The molecule has 0 aliphatic carbocycles. The van der Waals surface area contributed by atoms with Crippen molar-refractivity contribution in [1.29, 1.82) is 0 Å². The van der Waals surface area contributed by atoms with E-state index < -0.39 is 0 Å². The molecule has 0 aliphatic rings. The van der Waals surface area contributed by atoms with Gasteiger partial charge >= 0.3 is 0 Å². The third-order valence-electron chi connectivity index (χ3n) is 3.06. The van der Waals surface area contributed by atoms with Crippen molar-refractivity contribution < 1.29 is 0 Å². The first-order valence-electron chi connectivity index (χ1n) is 6.08. The third kappa shape index (κ3) is 2.08. The lowest BCUT2D eigenvalue weighted by molar-refractivity contribution is 1.09. The normalized spacial score (nSPS) is 10.6. The standard InChI is InChI=1S/C15H14N4/c1-10-5-7-11(8-6-10)13-14(18-19-15(13)16)12-4-2-3-9-17-12/h2-9H,1H3,(H3,16,18,19). The van der Waals surface area contributed by atoms with E-state index in [-0.39, 0.29) is 0 Å². The monoisotopic (exact) mass is 250 g/mol. The Balaban J connectivity index is 2.17. The molecule has 0 saturated carbocycles. The molecule has 0 aliphatic heterocycles. The van der Waals surface area contributed by atoms with Crippen LogP contribution in [0.15, 0.2) is 48.7 Å². The molecule has 0 spiro atoms. The lowest BCUT2D eigenvalue weighted by atomic mass is 10.0. The van der Waals surface area contributed by atoms with Gasteiger partial charge in [0, 0.05) is 6.20 Å². The maximum Gasteiger partial charge on any atom is 0.153 e. The van der Waals surface area contributed by atoms with Crippen LogP contribution in [0.1, 0.15) is 5.56 Å². The van der Waals surface area contributed by atoms with Crippen LogP contribution in [-0.2, 0) is 0 Å². The number of nitrogens with zero attached hydrogens (tertiary/aromatic N) is 2.